The van der Waals surface area contributed by atoms with Crippen molar-refractivity contribution < 1.29 is 17.9 Å². The molecule has 2 fully saturated rings. The van der Waals surface area contributed by atoms with Gasteiger partial charge in [0, 0.05) is 25.4 Å². The SMILES string of the molecule is CNc1nc(N[C@@H]2CCN(C3COC3)CC2(F)F)nn2ccc(-c3ccc4nc(C)n(CCF)c4n3)c12. The molecule has 196 valence electrons. The molecule has 2 N–H and O–H groups in total. The summed E-state index contributed by atoms with van der Waals surface area (Å²) < 4.78 is 51.6. The van der Waals surface area contributed by atoms with Crippen LogP contribution in [0.25, 0.3) is 27.9 Å². The molecular weight excluding hydrogens is 487 g/mol. The molecule has 0 amide bonds. The minimum absolute atomic E-state index is 0.0703. The van der Waals surface area contributed by atoms with Gasteiger partial charge in [-0.15, -0.1) is 5.10 Å². The zero-order valence-electron chi connectivity index (χ0n) is 20.6. The number of alkyl halides is 3. The van der Waals surface area contributed by atoms with E-state index >= 15 is 8.78 Å². The summed E-state index contributed by atoms with van der Waals surface area (Å²) in [5.74, 6) is -1.66. The summed E-state index contributed by atoms with van der Waals surface area (Å²) >= 11 is 0. The van der Waals surface area contributed by atoms with Crippen molar-refractivity contribution in [3.63, 3.8) is 0 Å². The average molecular weight is 516 g/mol. The van der Waals surface area contributed by atoms with Gasteiger partial charge < -0.3 is 19.9 Å². The van der Waals surface area contributed by atoms with Crippen molar-refractivity contribution in [1.29, 1.82) is 0 Å². The van der Waals surface area contributed by atoms with Crippen LogP contribution in [0.15, 0.2) is 24.4 Å². The van der Waals surface area contributed by atoms with Crippen molar-refractivity contribution in [2.24, 2.45) is 0 Å². The average Bonchev–Trinajstić information content (AvgIpc) is 3.39. The first kappa shape index (κ1) is 23.9. The Kier molecular flexibility index (Phi) is 5.91. The van der Waals surface area contributed by atoms with Crippen molar-refractivity contribution in [1.82, 2.24) is 34.0 Å². The Labute approximate surface area is 210 Å². The molecule has 10 nitrogen and oxygen atoms in total. The number of fused-ring (bicyclic) bond motifs is 2. The lowest BCUT2D eigenvalue weighted by Crippen LogP contribution is -2.61. The quantitative estimate of drug-likeness (QED) is 0.388. The van der Waals surface area contributed by atoms with E-state index in [1.54, 1.807) is 27.2 Å². The third-order valence-electron chi connectivity index (χ3n) is 7.18. The van der Waals surface area contributed by atoms with Gasteiger partial charge in [-0.2, -0.15) is 4.98 Å². The van der Waals surface area contributed by atoms with Gasteiger partial charge in [-0.1, -0.05) is 0 Å². The molecule has 1 atom stereocenters. The maximum absolute atomic E-state index is 15.0. The molecule has 2 aliphatic heterocycles. The predicted octanol–water partition coefficient (Wildman–Crippen LogP) is 2.98. The third-order valence-corrected chi connectivity index (χ3v) is 7.18. The molecule has 4 aromatic rings. The number of imidazole rings is 1. The van der Waals surface area contributed by atoms with Crippen molar-refractivity contribution in [2.45, 2.75) is 37.9 Å². The molecule has 4 aromatic heterocycles. The maximum atomic E-state index is 15.0. The number of halogens is 3. The Hall–Kier alpha value is -3.45. The second kappa shape index (κ2) is 9.14. The molecule has 0 spiro atoms. The van der Waals surface area contributed by atoms with Crippen LogP contribution < -0.4 is 10.6 Å². The first-order valence-corrected chi connectivity index (χ1v) is 12.3. The summed E-state index contributed by atoms with van der Waals surface area (Å²) in [7, 11) is 1.72. The van der Waals surface area contributed by atoms with Crippen molar-refractivity contribution in [3.8, 4) is 11.3 Å². The topological polar surface area (TPSA) is 97.4 Å². The van der Waals surface area contributed by atoms with Gasteiger partial charge in [0.05, 0.1) is 44.1 Å². The van der Waals surface area contributed by atoms with E-state index < -0.39 is 18.6 Å². The van der Waals surface area contributed by atoms with Crippen LogP contribution in [-0.2, 0) is 11.3 Å². The zero-order valence-corrected chi connectivity index (χ0v) is 20.6. The van der Waals surface area contributed by atoms with Gasteiger partial charge in [0.1, 0.15) is 23.5 Å². The van der Waals surface area contributed by atoms with Crippen molar-refractivity contribution >= 4 is 28.4 Å². The fourth-order valence-corrected chi connectivity index (χ4v) is 5.13. The van der Waals surface area contributed by atoms with Crippen LogP contribution in [0.1, 0.15) is 12.2 Å². The number of aryl methyl sites for hydroxylation is 2. The number of hydrogen-bond donors (Lipinski definition) is 2. The summed E-state index contributed by atoms with van der Waals surface area (Å²) in [6.45, 7) is 2.73. The number of likely N-dealkylation sites (tertiary alicyclic amines) is 1. The van der Waals surface area contributed by atoms with E-state index in [1.807, 2.05) is 25.1 Å². The van der Waals surface area contributed by atoms with Crippen molar-refractivity contribution in [3.05, 3.63) is 30.2 Å². The number of nitrogens with one attached hydrogen (secondary N) is 2. The molecular formula is C24H28F3N9O. The van der Waals surface area contributed by atoms with Gasteiger partial charge in [-0.3, -0.25) is 4.90 Å². The lowest BCUT2D eigenvalue weighted by molar-refractivity contribution is -0.131. The predicted molar refractivity (Wildman–Crippen MR) is 133 cm³/mol. The molecule has 0 unspecified atom stereocenters. The first-order chi connectivity index (χ1) is 17.9. The van der Waals surface area contributed by atoms with Crippen LogP contribution in [0.4, 0.5) is 24.9 Å². The van der Waals surface area contributed by atoms with Gasteiger partial charge in [0.25, 0.3) is 5.92 Å². The molecule has 0 radical (unpaired) electrons. The van der Waals surface area contributed by atoms with E-state index in [9.17, 15) is 4.39 Å². The number of piperidine rings is 1. The highest BCUT2D eigenvalue weighted by Gasteiger charge is 2.47. The fourth-order valence-electron chi connectivity index (χ4n) is 5.13. The number of hydrogen-bond acceptors (Lipinski definition) is 8. The van der Waals surface area contributed by atoms with E-state index in [1.165, 1.54) is 0 Å². The summed E-state index contributed by atoms with van der Waals surface area (Å²) in [6, 6.07) is 4.53. The lowest BCUT2D eigenvalue weighted by atomic mass is 9.98. The molecule has 2 saturated heterocycles. The van der Waals surface area contributed by atoms with E-state index in [-0.39, 0.29) is 31.5 Å². The number of anilines is 2. The Morgan fingerprint density at radius 1 is 1.16 bits per heavy atom. The van der Waals surface area contributed by atoms with E-state index in [2.05, 4.69) is 25.7 Å². The summed E-state index contributed by atoms with van der Waals surface area (Å²) in [6.07, 6.45) is 2.01. The molecule has 0 aromatic carbocycles. The normalized spacial score (nSPS) is 20.4. The van der Waals surface area contributed by atoms with Gasteiger partial charge in [0.15, 0.2) is 11.5 Å². The molecule has 0 bridgehead atoms. The highest BCUT2D eigenvalue weighted by molar-refractivity contribution is 5.89. The van der Waals surface area contributed by atoms with Gasteiger partial charge >= 0.3 is 0 Å². The van der Waals surface area contributed by atoms with E-state index in [4.69, 9.17) is 9.72 Å². The maximum Gasteiger partial charge on any atom is 0.280 e. The summed E-state index contributed by atoms with van der Waals surface area (Å²) in [5.41, 5.74) is 3.34. The minimum Gasteiger partial charge on any atom is -0.378 e. The second-order valence-electron chi connectivity index (χ2n) is 9.50. The van der Waals surface area contributed by atoms with Gasteiger partial charge in [-0.25, -0.2) is 27.7 Å². The number of ether oxygens (including phenoxy) is 1. The zero-order chi connectivity index (χ0) is 25.7. The lowest BCUT2D eigenvalue weighted by Gasteiger charge is -2.44. The largest absolute Gasteiger partial charge is 0.378 e. The highest BCUT2D eigenvalue weighted by atomic mass is 19.3. The second-order valence-corrected chi connectivity index (χ2v) is 9.50. The number of rotatable bonds is 7. The van der Waals surface area contributed by atoms with Crippen LogP contribution in [0.2, 0.25) is 0 Å². The van der Waals surface area contributed by atoms with Crippen LogP contribution in [-0.4, -0.2) is 92.1 Å². The van der Waals surface area contributed by atoms with Crippen LogP contribution in [0, 0.1) is 6.92 Å². The molecule has 2 aliphatic rings. The van der Waals surface area contributed by atoms with Crippen LogP contribution in [0.5, 0.6) is 0 Å². The molecule has 6 rings (SSSR count). The minimum atomic E-state index is -2.94. The number of aromatic nitrogens is 6. The Bertz CT molecular complexity index is 1450. The summed E-state index contributed by atoms with van der Waals surface area (Å²) in [5, 5.41) is 10.4. The first-order valence-electron chi connectivity index (χ1n) is 12.3. The molecule has 37 heavy (non-hydrogen) atoms. The Morgan fingerprint density at radius 3 is 2.70 bits per heavy atom. The highest BCUT2D eigenvalue weighted by Crippen LogP contribution is 2.33. The smallest absolute Gasteiger partial charge is 0.280 e. The van der Waals surface area contributed by atoms with Gasteiger partial charge in [0.2, 0.25) is 5.95 Å². The van der Waals surface area contributed by atoms with Crippen LogP contribution >= 0.6 is 0 Å². The Morgan fingerprint density at radius 2 is 2.00 bits per heavy atom. The molecule has 6 heterocycles. The number of pyridine rings is 1. The molecule has 13 heteroatoms. The fraction of sp³-hybridized carbons (Fsp3) is 0.500. The summed E-state index contributed by atoms with van der Waals surface area (Å²) in [4.78, 5) is 15.5. The Balaban J connectivity index is 1.31. The van der Waals surface area contributed by atoms with Crippen LogP contribution in [0.3, 0.4) is 0 Å². The standard InChI is InChI=1S/C24H28F3N9O/c1-14-29-18-4-3-17(30-22(18)35(14)10-7-25)16-5-9-36-20(16)21(28-2)32-23(33-36)31-19-6-8-34(13-24(19,26)27)15-11-37-12-15/h3-5,9,15,19H,6-8,10-13H2,1-2H3,(H2,28,31,32,33)/t19-/m1/s1. The monoisotopic (exact) mass is 515 g/mol. The van der Waals surface area contributed by atoms with E-state index in [0.717, 1.165) is 5.56 Å². The molecule has 0 aliphatic carbocycles. The molecule has 0 saturated carbocycles. The van der Waals surface area contributed by atoms with Gasteiger partial charge in [-0.05, 0) is 31.5 Å². The number of nitrogens with zero attached hydrogens (tertiary/aromatic N) is 7. The van der Waals surface area contributed by atoms with E-state index in [0.29, 0.717) is 53.8 Å². The van der Waals surface area contributed by atoms with Crippen molar-refractivity contribution in [2.75, 3.05) is 50.7 Å². The third kappa shape index (κ3) is 4.15.